The number of hydrogen-bond acceptors (Lipinski definition) is 3. The molecule has 1 aromatic heterocycles. The van der Waals surface area contributed by atoms with Crippen molar-refractivity contribution < 1.29 is 18.3 Å². The van der Waals surface area contributed by atoms with Crippen LogP contribution in [0.2, 0.25) is 0 Å². The number of benzene rings is 1. The van der Waals surface area contributed by atoms with Gasteiger partial charge in [0.2, 0.25) is 0 Å². The number of rotatable bonds is 5. The molecule has 1 heterocycles. The topological polar surface area (TPSA) is 69.3 Å². The molecule has 0 aliphatic heterocycles. The summed E-state index contributed by atoms with van der Waals surface area (Å²) in [6.07, 6.45) is -1.11. The number of methoxy groups -OCH3 is 1. The average molecular weight is 295 g/mol. The highest BCUT2D eigenvalue weighted by Crippen LogP contribution is 2.25. The van der Waals surface area contributed by atoms with E-state index in [0.717, 1.165) is 0 Å². The maximum atomic E-state index is 12.4. The molecule has 1 aromatic carbocycles. The molecule has 0 unspecified atom stereocenters. The van der Waals surface area contributed by atoms with Crippen molar-refractivity contribution in [1.82, 2.24) is 4.57 Å². The van der Waals surface area contributed by atoms with Crippen molar-refractivity contribution in [2.24, 2.45) is 0 Å². The number of amides is 1. The molecule has 2 rings (SSSR count). The zero-order valence-corrected chi connectivity index (χ0v) is 11.3. The van der Waals surface area contributed by atoms with E-state index in [-0.39, 0.29) is 5.69 Å². The van der Waals surface area contributed by atoms with Crippen LogP contribution in [0.25, 0.3) is 0 Å². The molecule has 7 heteroatoms. The van der Waals surface area contributed by atoms with Crippen molar-refractivity contribution in [3.8, 4) is 5.75 Å². The number of ether oxygens (including phenoxy) is 1. The van der Waals surface area contributed by atoms with Gasteiger partial charge in [-0.15, -0.1) is 0 Å². The van der Waals surface area contributed by atoms with Gasteiger partial charge in [0.1, 0.15) is 11.4 Å². The number of carbonyl (C=O) groups excluding carboxylic acids is 1. The highest BCUT2D eigenvalue weighted by Gasteiger charge is 2.15. The van der Waals surface area contributed by atoms with E-state index < -0.39 is 18.9 Å². The number of alkyl halides is 2. The summed E-state index contributed by atoms with van der Waals surface area (Å²) in [5.41, 5.74) is 6.63. The molecular formula is C14H15F2N3O2. The molecule has 5 nitrogen and oxygen atoms in total. The summed E-state index contributed by atoms with van der Waals surface area (Å²) in [7, 11) is 1.49. The number of nitrogens with two attached hydrogens (primary N) is 1. The monoisotopic (exact) mass is 295 g/mol. The molecular weight excluding hydrogens is 280 g/mol. The third-order valence-electron chi connectivity index (χ3n) is 2.91. The number of hydrogen-bond donors (Lipinski definition) is 2. The Balaban J connectivity index is 2.20. The van der Waals surface area contributed by atoms with Gasteiger partial charge in [0.05, 0.1) is 25.0 Å². The smallest absolute Gasteiger partial charge is 0.272 e. The van der Waals surface area contributed by atoms with E-state index in [1.807, 2.05) is 0 Å². The highest BCUT2D eigenvalue weighted by atomic mass is 19.3. The van der Waals surface area contributed by atoms with Crippen LogP contribution in [0.15, 0.2) is 36.5 Å². The summed E-state index contributed by atoms with van der Waals surface area (Å²) in [6.45, 7) is -0.538. The van der Waals surface area contributed by atoms with E-state index in [1.54, 1.807) is 18.2 Å². The first kappa shape index (κ1) is 14.8. The quantitative estimate of drug-likeness (QED) is 0.833. The van der Waals surface area contributed by atoms with Crippen LogP contribution in [0, 0.1) is 0 Å². The lowest BCUT2D eigenvalue weighted by molar-refractivity contribution is 0.0998. The molecule has 0 spiro atoms. The molecule has 0 aliphatic carbocycles. The summed E-state index contributed by atoms with van der Waals surface area (Å²) in [4.78, 5) is 12.2. The lowest BCUT2D eigenvalue weighted by Gasteiger charge is -2.12. The zero-order valence-electron chi connectivity index (χ0n) is 11.3. The van der Waals surface area contributed by atoms with Crippen LogP contribution in [-0.2, 0) is 6.54 Å². The first-order valence-electron chi connectivity index (χ1n) is 6.19. The Kier molecular flexibility index (Phi) is 4.42. The van der Waals surface area contributed by atoms with Crippen molar-refractivity contribution in [3.63, 3.8) is 0 Å². The Hall–Kier alpha value is -2.57. The Morgan fingerprint density at radius 3 is 2.86 bits per heavy atom. The second-order valence-electron chi connectivity index (χ2n) is 4.34. The second-order valence-corrected chi connectivity index (χ2v) is 4.34. The van der Waals surface area contributed by atoms with Crippen molar-refractivity contribution >= 4 is 17.3 Å². The fourth-order valence-electron chi connectivity index (χ4n) is 1.89. The first-order chi connectivity index (χ1) is 10.0. The Labute approximate surface area is 120 Å². The van der Waals surface area contributed by atoms with Crippen LogP contribution in [0.5, 0.6) is 5.75 Å². The van der Waals surface area contributed by atoms with Gasteiger partial charge in [-0.3, -0.25) is 4.79 Å². The minimum atomic E-state index is -2.54. The van der Waals surface area contributed by atoms with Crippen LogP contribution in [0.4, 0.5) is 20.2 Å². The largest absolute Gasteiger partial charge is 0.497 e. The average Bonchev–Trinajstić information content (AvgIpc) is 2.88. The molecule has 112 valence electrons. The standard InChI is InChI=1S/C14H15F2N3O2/c1-21-9-4-5-10(17)11(7-9)18-14(20)12-3-2-6-19(12)8-13(15)16/h2-7,13H,8,17H2,1H3,(H,18,20). The predicted molar refractivity (Wildman–Crippen MR) is 75.8 cm³/mol. The van der Waals surface area contributed by atoms with Gasteiger partial charge in [0.25, 0.3) is 12.3 Å². The van der Waals surface area contributed by atoms with Crippen molar-refractivity contribution in [1.29, 1.82) is 0 Å². The van der Waals surface area contributed by atoms with Gasteiger partial charge in [0.15, 0.2) is 0 Å². The van der Waals surface area contributed by atoms with Gasteiger partial charge in [-0.05, 0) is 24.3 Å². The Morgan fingerprint density at radius 2 is 2.19 bits per heavy atom. The number of carbonyl (C=O) groups is 1. The molecule has 0 bridgehead atoms. The van der Waals surface area contributed by atoms with E-state index in [1.165, 1.54) is 30.0 Å². The van der Waals surface area contributed by atoms with Crippen molar-refractivity contribution in [2.75, 3.05) is 18.2 Å². The maximum absolute atomic E-state index is 12.4. The second kappa shape index (κ2) is 6.25. The maximum Gasteiger partial charge on any atom is 0.272 e. The summed E-state index contributed by atoms with van der Waals surface area (Å²) in [5, 5.41) is 2.59. The van der Waals surface area contributed by atoms with E-state index in [2.05, 4.69) is 5.32 Å². The van der Waals surface area contributed by atoms with Gasteiger partial charge in [-0.25, -0.2) is 8.78 Å². The van der Waals surface area contributed by atoms with Crippen molar-refractivity contribution in [3.05, 3.63) is 42.2 Å². The van der Waals surface area contributed by atoms with Gasteiger partial charge < -0.3 is 20.4 Å². The Bertz CT molecular complexity index is 641. The predicted octanol–water partition coefficient (Wildman–Crippen LogP) is 2.60. The number of halogens is 2. The Morgan fingerprint density at radius 1 is 1.43 bits per heavy atom. The molecule has 1 amide bonds. The summed E-state index contributed by atoms with van der Waals surface area (Å²) in [6, 6.07) is 7.81. The fourth-order valence-corrected chi connectivity index (χ4v) is 1.89. The highest BCUT2D eigenvalue weighted by molar-refractivity contribution is 6.04. The molecule has 0 atom stereocenters. The van der Waals surface area contributed by atoms with E-state index in [0.29, 0.717) is 17.1 Å². The number of nitrogens with one attached hydrogen (secondary N) is 1. The summed E-state index contributed by atoms with van der Waals surface area (Å²) < 4.78 is 31.1. The van der Waals surface area contributed by atoms with Crippen LogP contribution in [-0.4, -0.2) is 24.0 Å². The van der Waals surface area contributed by atoms with Gasteiger partial charge in [-0.2, -0.15) is 0 Å². The van der Waals surface area contributed by atoms with Crippen LogP contribution in [0.3, 0.4) is 0 Å². The zero-order chi connectivity index (χ0) is 15.4. The third-order valence-corrected chi connectivity index (χ3v) is 2.91. The SMILES string of the molecule is COc1ccc(N)c(NC(=O)c2cccn2CC(F)F)c1. The van der Waals surface area contributed by atoms with Crippen molar-refractivity contribution in [2.45, 2.75) is 13.0 Å². The third kappa shape index (κ3) is 3.50. The normalized spacial score (nSPS) is 10.7. The number of nitrogen functional groups attached to an aromatic ring is 1. The molecule has 0 saturated heterocycles. The molecule has 0 fully saturated rings. The molecule has 3 N–H and O–H groups in total. The molecule has 0 radical (unpaired) electrons. The summed E-state index contributed by atoms with van der Waals surface area (Å²) in [5.74, 6) is 0.0167. The first-order valence-corrected chi connectivity index (χ1v) is 6.19. The lowest BCUT2D eigenvalue weighted by Crippen LogP contribution is -2.19. The van der Waals surface area contributed by atoms with Gasteiger partial charge >= 0.3 is 0 Å². The number of anilines is 2. The summed E-state index contributed by atoms with van der Waals surface area (Å²) >= 11 is 0. The molecule has 2 aromatic rings. The molecule has 0 aliphatic rings. The van der Waals surface area contributed by atoms with Crippen LogP contribution >= 0.6 is 0 Å². The molecule has 21 heavy (non-hydrogen) atoms. The fraction of sp³-hybridized carbons (Fsp3) is 0.214. The van der Waals surface area contributed by atoms with Crippen LogP contribution < -0.4 is 15.8 Å². The van der Waals surface area contributed by atoms with E-state index in [9.17, 15) is 13.6 Å². The number of nitrogens with zero attached hydrogens (tertiary/aromatic N) is 1. The van der Waals surface area contributed by atoms with Gasteiger partial charge in [-0.1, -0.05) is 0 Å². The van der Waals surface area contributed by atoms with E-state index >= 15 is 0 Å². The van der Waals surface area contributed by atoms with Crippen LogP contribution in [0.1, 0.15) is 10.5 Å². The minimum absolute atomic E-state index is 0.137. The van der Waals surface area contributed by atoms with E-state index in [4.69, 9.17) is 10.5 Å². The molecule has 0 saturated carbocycles. The van der Waals surface area contributed by atoms with Gasteiger partial charge in [0, 0.05) is 12.3 Å². The lowest BCUT2D eigenvalue weighted by atomic mass is 10.2. The number of aromatic nitrogens is 1. The minimum Gasteiger partial charge on any atom is -0.497 e.